The molecule has 30 heavy (non-hydrogen) atoms. The highest BCUT2D eigenvalue weighted by atomic mass is 35.5. The molecule has 1 aromatic carbocycles. The molecule has 0 saturated carbocycles. The molecule has 0 aliphatic carbocycles. The van der Waals surface area contributed by atoms with Gasteiger partial charge in [-0.3, -0.25) is 14.3 Å². The normalized spacial score (nSPS) is 16.2. The van der Waals surface area contributed by atoms with Gasteiger partial charge in [0, 0.05) is 17.4 Å². The zero-order valence-corrected chi connectivity index (χ0v) is 17.9. The number of hydrogen-bond donors (Lipinski definition) is 0. The second kappa shape index (κ2) is 8.38. The largest absolute Gasteiger partial charge is 0.463 e. The molecule has 4 rings (SSSR count). The van der Waals surface area contributed by atoms with Crippen LogP contribution in [0.15, 0.2) is 69.8 Å². The maximum atomic E-state index is 13.4. The Labute approximate surface area is 181 Å². The van der Waals surface area contributed by atoms with Crippen LogP contribution in [0.5, 0.6) is 0 Å². The highest BCUT2D eigenvalue weighted by molar-refractivity contribution is 7.07. The molecule has 1 unspecified atom stereocenters. The number of allylic oxidation sites excluding steroid dienone is 1. The molecule has 0 spiro atoms. The van der Waals surface area contributed by atoms with Crippen molar-refractivity contribution in [3.05, 3.63) is 95.9 Å². The predicted octanol–water partition coefficient (Wildman–Crippen LogP) is 2.85. The summed E-state index contributed by atoms with van der Waals surface area (Å²) in [6.45, 7) is 3.73. The molecule has 6 nitrogen and oxygen atoms in total. The first-order valence-corrected chi connectivity index (χ1v) is 10.5. The minimum absolute atomic E-state index is 0.225. The van der Waals surface area contributed by atoms with Crippen LogP contribution in [0.4, 0.5) is 0 Å². The van der Waals surface area contributed by atoms with Crippen molar-refractivity contribution in [1.29, 1.82) is 0 Å². The van der Waals surface area contributed by atoms with E-state index in [2.05, 4.69) is 9.98 Å². The van der Waals surface area contributed by atoms with Crippen LogP contribution in [0.2, 0.25) is 5.02 Å². The Kier molecular flexibility index (Phi) is 5.65. The number of rotatable bonds is 4. The van der Waals surface area contributed by atoms with E-state index in [-0.39, 0.29) is 12.2 Å². The second-order valence-corrected chi connectivity index (χ2v) is 8.09. The molecule has 1 aliphatic rings. The van der Waals surface area contributed by atoms with Crippen LogP contribution in [0.1, 0.15) is 31.0 Å². The zero-order valence-electron chi connectivity index (χ0n) is 16.3. The number of benzene rings is 1. The minimum Gasteiger partial charge on any atom is -0.463 e. The lowest BCUT2D eigenvalue weighted by molar-refractivity contribution is -0.139. The number of pyridine rings is 1. The molecule has 1 aliphatic heterocycles. The highest BCUT2D eigenvalue weighted by Gasteiger charge is 2.33. The first-order valence-electron chi connectivity index (χ1n) is 9.34. The van der Waals surface area contributed by atoms with Gasteiger partial charge >= 0.3 is 5.97 Å². The van der Waals surface area contributed by atoms with E-state index in [0.29, 0.717) is 25.6 Å². The van der Waals surface area contributed by atoms with Crippen molar-refractivity contribution in [3.8, 4) is 0 Å². The Bertz CT molecular complexity index is 1310. The van der Waals surface area contributed by atoms with E-state index >= 15 is 0 Å². The molecule has 8 heteroatoms. The summed E-state index contributed by atoms with van der Waals surface area (Å²) in [5.74, 6) is -0.486. The lowest BCUT2D eigenvalue weighted by Gasteiger charge is -2.24. The number of halogens is 1. The van der Waals surface area contributed by atoms with Crippen LogP contribution in [0.3, 0.4) is 0 Å². The third-order valence-corrected chi connectivity index (χ3v) is 5.92. The van der Waals surface area contributed by atoms with E-state index in [4.69, 9.17) is 16.3 Å². The maximum Gasteiger partial charge on any atom is 0.338 e. The van der Waals surface area contributed by atoms with Crippen molar-refractivity contribution >= 4 is 35.0 Å². The summed E-state index contributed by atoms with van der Waals surface area (Å²) in [7, 11) is 0. The van der Waals surface area contributed by atoms with Gasteiger partial charge in [0.05, 0.1) is 28.5 Å². The van der Waals surface area contributed by atoms with Crippen LogP contribution >= 0.6 is 22.9 Å². The molecule has 1 atom stereocenters. The molecule has 152 valence electrons. The number of esters is 1. The third kappa shape index (κ3) is 3.74. The summed E-state index contributed by atoms with van der Waals surface area (Å²) in [5, 5.41) is 0.570. The average molecular weight is 440 g/mol. The fraction of sp³-hybridized carbons (Fsp3) is 0.182. The van der Waals surface area contributed by atoms with Crippen molar-refractivity contribution in [2.45, 2.75) is 19.9 Å². The van der Waals surface area contributed by atoms with Gasteiger partial charge < -0.3 is 4.74 Å². The van der Waals surface area contributed by atoms with Crippen molar-refractivity contribution in [2.75, 3.05) is 6.61 Å². The molecular formula is C22H18ClN3O3S. The van der Waals surface area contributed by atoms with Crippen molar-refractivity contribution < 1.29 is 9.53 Å². The summed E-state index contributed by atoms with van der Waals surface area (Å²) in [6.07, 6.45) is 5.14. The number of carbonyl (C=O) groups excluding carboxylic acids is 1. The van der Waals surface area contributed by atoms with Gasteiger partial charge in [-0.15, -0.1) is 0 Å². The Hall–Kier alpha value is -3.03. The van der Waals surface area contributed by atoms with Crippen molar-refractivity contribution in [3.63, 3.8) is 0 Å². The van der Waals surface area contributed by atoms with Gasteiger partial charge in [0.25, 0.3) is 5.56 Å². The van der Waals surface area contributed by atoms with E-state index in [1.807, 2.05) is 24.3 Å². The summed E-state index contributed by atoms with van der Waals surface area (Å²) >= 11 is 7.33. The minimum atomic E-state index is -0.645. The number of thiazole rings is 1. The summed E-state index contributed by atoms with van der Waals surface area (Å²) < 4.78 is 7.34. The van der Waals surface area contributed by atoms with Gasteiger partial charge in [-0.05, 0) is 49.2 Å². The average Bonchev–Trinajstić information content (AvgIpc) is 3.03. The Morgan fingerprint density at radius 2 is 2.07 bits per heavy atom. The number of ether oxygens (including phenoxy) is 1. The van der Waals surface area contributed by atoms with Crippen LogP contribution in [0, 0.1) is 0 Å². The van der Waals surface area contributed by atoms with E-state index < -0.39 is 12.0 Å². The summed E-state index contributed by atoms with van der Waals surface area (Å²) in [4.78, 5) is 35.3. The molecule has 0 amide bonds. The first-order chi connectivity index (χ1) is 14.5. The van der Waals surface area contributed by atoms with Gasteiger partial charge in [-0.1, -0.05) is 41.1 Å². The first kappa shape index (κ1) is 20.3. The lowest BCUT2D eigenvalue weighted by atomic mass is 9.96. The monoisotopic (exact) mass is 439 g/mol. The van der Waals surface area contributed by atoms with Gasteiger partial charge in [0.1, 0.15) is 0 Å². The molecule has 0 radical (unpaired) electrons. The zero-order chi connectivity index (χ0) is 21.3. The lowest BCUT2D eigenvalue weighted by Crippen LogP contribution is -2.39. The molecule has 3 aromatic rings. The molecule has 2 aromatic heterocycles. The van der Waals surface area contributed by atoms with Crippen molar-refractivity contribution in [1.82, 2.24) is 9.55 Å². The quantitative estimate of drug-likeness (QED) is 0.586. The fourth-order valence-electron chi connectivity index (χ4n) is 3.36. The molecule has 3 heterocycles. The van der Waals surface area contributed by atoms with Crippen LogP contribution in [-0.2, 0) is 9.53 Å². The molecule has 0 bridgehead atoms. The molecule has 0 fully saturated rings. The summed E-state index contributed by atoms with van der Waals surface area (Å²) in [5.41, 5.74) is 2.22. The molecule has 0 saturated heterocycles. The SMILES string of the molecule is CCOC(=O)C1=C(C)N=c2sc(=Cc3cccnc3)c(=O)n2C1c1ccc(Cl)cc1. The molecular weight excluding hydrogens is 422 g/mol. The Morgan fingerprint density at radius 3 is 2.73 bits per heavy atom. The van der Waals surface area contributed by atoms with Gasteiger partial charge in [0.2, 0.25) is 0 Å². The topological polar surface area (TPSA) is 73.6 Å². The number of aromatic nitrogens is 2. The van der Waals surface area contributed by atoms with Crippen molar-refractivity contribution in [2.24, 2.45) is 4.99 Å². The fourth-order valence-corrected chi connectivity index (χ4v) is 4.54. The van der Waals surface area contributed by atoms with E-state index in [9.17, 15) is 9.59 Å². The van der Waals surface area contributed by atoms with Crippen LogP contribution in [-0.4, -0.2) is 22.1 Å². The Morgan fingerprint density at radius 1 is 1.30 bits per heavy atom. The smallest absolute Gasteiger partial charge is 0.338 e. The van der Waals surface area contributed by atoms with Gasteiger partial charge in [0.15, 0.2) is 4.80 Å². The van der Waals surface area contributed by atoms with E-state index in [1.165, 1.54) is 11.3 Å². The number of fused-ring (bicyclic) bond motifs is 1. The predicted molar refractivity (Wildman–Crippen MR) is 116 cm³/mol. The van der Waals surface area contributed by atoms with Crippen LogP contribution in [0.25, 0.3) is 6.08 Å². The molecule has 0 N–H and O–H groups in total. The standard InChI is InChI=1S/C22H18ClN3O3S/c1-3-29-21(28)18-13(2)25-22-26(19(18)15-6-8-16(23)9-7-15)20(27)17(30-22)11-14-5-4-10-24-12-14/h4-12,19H,3H2,1-2H3. The maximum absolute atomic E-state index is 13.4. The number of carbonyl (C=O) groups is 1. The van der Waals surface area contributed by atoms with E-state index in [1.54, 1.807) is 49.0 Å². The van der Waals surface area contributed by atoms with Crippen LogP contribution < -0.4 is 14.9 Å². The number of nitrogens with zero attached hydrogens (tertiary/aromatic N) is 3. The highest BCUT2D eigenvalue weighted by Crippen LogP contribution is 2.31. The number of hydrogen-bond acceptors (Lipinski definition) is 6. The summed E-state index contributed by atoms with van der Waals surface area (Å²) in [6, 6.07) is 10.1. The van der Waals surface area contributed by atoms with Gasteiger partial charge in [-0.25, -0.2) is 9.79 Å². The van der Waals surface area contributed by atoms with Gasteiger partial charge in [-0.2, -0.15) is 0 Å². The third-order valence-electron chi connectivity index (χ3n) is 4.68. The van der Waals surface area contributed by atoms with E-state index in [0.717, 1.165) is 11.1 Å². The Balaban J connectivity index is 1.96. The second-order valence-electron chi connectivity index (χ2n) is 6.64.